The maximum atomic E-state index is 13.2. The minimum Gasteiger partial charge on any atom is -0.352 e. The second-order valence-corrected chi connectivity index (χ2v) is 9.45. The number of hydrogen-bond acceptors (Lipinski definition) is 2. The van der Waals surface area contributed by atoms with Gasteiger partial charge in [-0.1, -0.05) is 73.1 Å². The highest BCUT2D eigenvalue weighted by molar-refractivity contribution is 9.10. The van der Waals surface area contributed by atoms with Gasteiger partial charge in [-0.05, 0) is 61.4 Å². The summed E-state index contributed by atoms with van der Waals surface area (Å²) in [5, 5.41) is 3.01. The van der Waals surface area contributed by atoms with Crippen LogP contribution in [-0.2, 0) is 22.6 Å². The number of rotatable bonds is 10. The SMILES string of the molecule is CC[C@@H](C)NC(=O)[C@H](C)N(Cc1ccc(Br)cc1)C(=O)CCc1ccc(C(C)C)cc1. The fourth-order valence-electron chi connectivity index (χ4n) is 3.30. The average molecular weight is 487 g/mol. The fraction of sp³-hybridized carbons (Fsp3) is 0.462. The van der Waals surface area contributed by atoms with E-state index in [4.69, 9.17) is 0 Å². The molecule has 2 atom stereocenters. The van der Waals surface area contributed by atoms with Crippen molar-refractivity contribution in [2.45, 2.75) is 78.4 Å². The van der Waals surface area contributed by atoms with E-state index >= 15 is 0 Å². The predicted molar refractivity (Wildman–Crippen MR) is 131 cm³/mol. The number of benzene rings is 2. The number of halogens is 1. The highest BCUT2D eigenvalue weighted by atomic mass is 79.9. The van der Waals surface area contributed by atoms with E-state index in [0.29, 0.717) is 25.3 Å². The highest BCUT2D eigenvalue weighted by Crippen LogP contribution is 2.18. The van der Waals surface area contributed by atoms with Gasteiger partial charge in [-0.25, -0.2) is 0 Å². The molecule has 31 heavy (non-hydrogen) atoms. The van der Waals surface area contributed by atoms with Gasteiger partial charge in [0, 0.05) is 23.5 Å². The summed E-state index contributed by atoms with van der Waals surface area (Å²) in [6, 6.07) is 15.9. The summed E-state index contributed by atoms with van der Waals surface area (Å²) in [6.45, 7) is 10.6. The van der Waals surface area contributed by atoms with Gasteiger partial charge in [-0.15, -0.1) is 0 Å². The summed E-state index contributed by atoms with van der Waals surface area (Å²) in [4.78, 5) is 27.7. The van der Waals surface area contributed by atoms with Crippen LogP contribution in [0.3, 0.4) is 0 Å². The summed E-state index contributed by atoms with van der Waals surface area (Å²) < 4.78 is 0.988. The molecular formula is C26H35BrN2O2. The third kappa shape index (κ3) is 7.80. The Morgan fingerprint density at radius 2 is 1.52 bits per heavy atom. The third-order valence-corrected chi connectivity index (χ3v) is 6.24. The number of nitrogens with one attached hydrogen (secondary N) is 1. The average Bonchev–Trinajstić information content (AvgIpc) is 2.76. The summed E-state index contributed by atoms with van der Waals surface area (Å²) in [7, 11) is 0. The fourth-order valence-corrected chi connectivity index (χ4v) is 3.56. The van der Waals surface area contributed by atoms with Crippen molar-refractivity contribution in [2.24, 2.45) is 0 Å². The summed E-state index contributed by atoms with van der Waals surface area (Å²) in [5.41, 5.74) is 3.43. The topological polar surface area (TPSA) is 49.4 Å². The maximum Gasteiger partial charge on any atom is 0.242 e. The lowest BCUT2D eigenvalue weighted by Gasteiger charge is -2.30. The van der Waals surface area contributed by atoms with E-state index in [0.717, 1.165) is 22.0 Å². The third-order valence-electron chi connectivity index (χ3n) is 5.71. The van der Waals surface area contributed by atoms with Gasteiger partial charge in [-0.2, -0.15) is 0 Å². The first-order chi connectivity index (χ1) is 14.7. The van der Waals surface area contributed by atoms with Gasteiger partial charge in [0.1, 0.15) is 6.04 Å². The Bertz CT molecular complexity index is 847. The van der Waals surface area contributed by atoms with Gasteiger partial charge < -0.3 is 10.2 Å². The first kappa shape index (κ1) is 25.1. The van der Waals surface area contributed by atoms with E-state index in [9.17, 15) is 9.59 Å². The van der Waals surface area contributed by atoms with E-state index < -0.39 is 6.04 Å². The van der Waals surface area contributed by atoms with Gasteiger partial charge in [0.15, 0.2) is 0 Å². The summed E-state index contributed by atoms with van der Waals surface area (Å²) in [6.07, 6.45) is 1.89. The Balaban J connectivity index is 2.12. The number of carbonyl (C=O) groups is 2. The lowest BCUT2D eigenvalue weighted by Crippen LogP contribution is -2.49. The van der Waals surface area contributed by atoms with Crippen molar-refractivity contribution in [3.8, 4) is 0 Å². The normalized spacial score (nSPS) is 13.0. The molecule has 2 amide bonds. The van der Waals surface area contributed by atoms with Crippen LogP contribution in [0.5, 0.6) is 0 Å². The van der Waals surface area contributed by atoms with Crippen molar-refractivity contribution >= 4 is 27.7 Å². The minimum absolute atomic E-state index is 0.0114. The van der Waals surface area contributed by atoms with Crippen LogP contribution < -0.4 is 5.32 Å². The van der Waals surface area contributed by atoms with Crippen LogP contribution in [0.25, 0.3) is 0 Å². The number of amides is 2. The highest BCUT2D eigenvalue weighted by Gasteiger charge is 2.26. The standard InChI is InChI=1S/C26H35BrN2O2/c1-6-19(4)28-26(31)20(5)29(17-22-9-14-24(27)15-10-22)25(30)16-11-21-7-12-23(13-8-21)18(2)3/h7-10,12-15,18-20H,6,11,16-17H2,1-5H3,(H,28,31)/t19-,20+/m1/s1. The zero-order valence-corrected chi connectivity index (χ0v) is 20.9. The minimum atomic E-state index is -0.534. The molecule has 0 aliphatic rings. The first-order valence-electron chi connectivity index (χ1n) is 11.1. The lowest BCUT2D eigenvalue weighted by molar-refractivity contribution is -0.140. The molecule has 0 heterocycles. The second kappa shape index (κ2) is 12.0. The Kier molecular flexibility index (Phi) is 9.76. The molecule has 2 rings (SSSR count). The smallest absolute Gasteiger partial charge is 0.242 e. The molecule has 0 saturated heterocycles. The van der Waals surface area contributed by atoms with Gasteiger partial charge in [0.2, 0.25) is 11.8 Å². The molecule has 2 aromatic rings. The zero-order chi connectivity index (χ0) is 23.0. The van der Waals surface area contributed by atoms with Crippen LogP contribution in [0, 0.1) is 0 Å². The molecule has 0 aromatic heterocycles. The van der Waals surface area contributed by atoms with Crippen molar-refractivity contribution in [3.63, 3.8) is 0 Å². The molecule has 2 aromatic carbocycles. The Morgan fingerprint density at radius 3 is 2.06 bits per heavy atom. The van der Waals surface area contributed by atoms with E-state index in [-0.39, 0.29) is 17.9 Å². The number of carbonyl (C=O) groups excluding carboxylic acids is 2. The van der Waals surface area contributed by atoms with Crippen LogP contribution in [0.15, 0.2) is 53.0 Å². The Morgan fingerprint density at radius 1 is 0.935 bits per heavy atom. The summed E-state index contributed by atoms with van der Waals surface area (Å²) in [5.74, 6) is 0.366. The molecule has 168 valence electrons. The summed E-state index contributed by atoms with van der Waals surface area (Å²) >= 11 is 3.45. The Labute approximate surface area is 195 Å². The van der Waals surface area contributed by atoms with Crippen molar-refractivity contribution < 1.29 is 9.59 Å². The molecule has 1 N–H and O–H groups in total. The van der Waals surface area contributed by atoms with E-state index in [2.05, 4.69) is 59.4 Å². The molecular weight excluding hydrogens is 452 g/mol. The predicted octanol–water partition coefficient (Wildman–Crippen LogP) is 5.84. The van der Waals surface area contributed by atoms with Crippen LogP contribution in [0.2, 0.25) is 0 Å². The van der Waals surface area contributed by atoms with Gasteiger partial charge in [-0.3, -0.25) is 9.59 Å². The Hall–Kier alpha value is -2.14. The molecule has 0 saturated carbocycles. The van der Waals surface area contributed by atoms with Crippen molar-refractivity contribution in [2.75, 3.05) is 0 Å². The van der Waals surface area contributed by atoms with Gasteiger partial charge in [0.25, 0.3) is 0 Å². The number of nitrogens with zero attached hydrogens (tertiary/aromatic N) is 1. The molecule has 0 unspecified atom stereocenters. The van der Waals surface area contributed by atoms with E-state index in [1.54, 1.807) is 4.90 Å². The van der Waals surface area contributed by atoms with E-state index in [1.165, 1.54) is 5.56 Å². The van der Waals surface area contributed by atoms with Crippen LogP contribution in [-0.4, -0.2) is 28.8 Å². The zero-order valence-electron chi connectivity index (χ0n) is 19.3. The lowest BCUT2D eigenvalue weighted by atomic mass is 10.00. The van der Waals surface area contributed by atoms with Gasteiger partial charge in [0.05, 0.1) is 0 Å². The molecule has 0 spiro atoms. The molecule has 0 fully saturated rings. The molecule has 0 aliphatic carbocycles. The molecule has 4 nitrogen and oxygen atoms in total. The van der Waals surface area contributed by atoms with Crippen LogP contribution >= 0.6 is 15.9 Å². The monoisotopic (exact) mass is 486 g/mol. The van der Waals surface area contributed by atoms with Crippen molar-refractivity contribution in [1.82, 2.24) is 10.2 Å². The van der Waals surface area contributed by atoms with Crippen LogP contribution in [0.4, 0.5) is 0 Å². The maximum absolute atomic E-state index is 13.2. The first-order valence-corrected chi connectivity index (χ1v) is 11.9. The molecule has 5 heteroatoms. The molecule has 0 radical (unpaired) electrons. The number of aryl methyl sites for hydroxylation is 1. The van der Waals surface area contributed by atoms with Crippen LogP contribution in [0.1, 0.15) is 70.1 Å². The van der Waals surface area contributed by atoms with Crippen molar-refractivity contribution in [3.05, 3.63) is 69.7 Å². The molecule has 0 bridgehead atoms. The quantitative estimate of drug-likeness (QED) is 0.458. The largest absolute Gasteiger partial charge is 0.352 e. The van der Waals surface area contributed by atoms with E-state index in [1.807, 2.05) is 45.0 Å². The number of hydrogen-bond donors (Lipinski definition) is 1. The molecule has 0 aliphatic heterocycles. The van der Waals surface area contributed by atoms with Crippen molar-refractivity contribution in [1.29, 1.82) is 0 Å². The van der Waals surface area contributed by atoms with Gasteiger partial charge >= 0.3 is 0 Å². The second-order valence-electron chi connectivity index (χ2n) is 8.54.